The van der Waals surface area contributed by atoms with Crippen LogP contribution in [0.1, 0.15) is 36.2 Å². The van der Waals surface area contributed by atoms with E-state index in [2.05, 4.69) is 31.0 Å². The predicted molar refractivity (Wildman–Crippen MR) is 76.6 cm³/mol. The van der Waals surface area contributed by atoms with E-state index in [1.807, 2.05) is 0 Å². The lowest BCUT2D eigenvalue weighted by molar-refractivity contribution is 0.0950. The van der Waals surface area contributed by atoms with Gasteiger partial charge in [0.2, 0.25) is 0 Å². The Bertz CT molecular complexity index is 584. The number of rotatable bonds is 3. The Labute approximate surface area is 118 Å². The van der Waals surface area contributed by atoms with Crippen LogP contribution in [0.25, 0.3) is 0 Å². The summed E-state index contributed by atoms with van der Waals surface area (Å²) in [5.74, 6) is 5.25. The standard InChI is InChI=1S/C16H19FN2O/c1-16(2)9-12(16)10-19-15(20)14-8-13(17)6-5-11(14)4-3-7-18/h5-6,8,12H,7,9-10,18H2,1-2H3,(H,19,20). The fourth-order valence-corrected chi connectivity index (χ4v) is 2.20. The van der Waals surface area contributed by atoms with Gasteiger partial charge in [-0.15, -0.1) is 0 Å². The van der Waals surface area contributed by atoms with Crippen molar-refractivity contribution < 1.29 is 9.18 Å². The Morgan fingerprint density at radius 3 is 2.85 bits per heavy atom. The van der Waals surface area contributed by atoms with Gasteiger partial charge in [-0.25, -0.2) is 4.39 Å². The minimum Gasteiger partial charge on any atom is -0.352 e. The summed E-state index contributed by atoms with van der Waals surface area (Å²) in [7, 11) is 0. The van der Waals surface area contributed by atoms with E-state index in [-0.39, 0.29) is 18.0 Å². The molecule has 1 aliphatic rings. The summed E-state index contributed by atoms with van der Waals surface area (Å²) in [6.07, 6.45) is 1.11. The number of nitrogens with two attached hydrogens (primary N) is 1. The van der Waals surface area contributed by atoms with Gasteiger partial charge in [0.25, 0.3) is 5.91 Å². The van der Waals surface area contributed by atoms with Crippen LogP contribution in [0.2, 0.25) is 0 Å². The zero-order valence-electron chi connectivity index (χ0n) is 11.8. The molecule has 0 aliphatic heterocycles. The zero-order chi connectivity index (χ0) is 14.8. The van der Waals surface area contributed by atoms with Crippen LogP contribution in [-0.4, -0.2) is 19.0 Å². The highest BCUT2D eigenvalue weighted by atomic mass is 19.1. The molecule has 1 fully saturated rings. The smallest absolute Gasteiger partial charge is 0.252 e. The molecule has 0 spiro atoms. The second-order valence-corrected chi connectivity index (χ2v) is 5.80. The van der Waals surface area contributed by atoms with Crippen molar-refractivity contribution >= 4 is 5.91 Å². The normalized spacial score (nSPS) is 18.9. The lowest BCUT2D eigenvalue weighted by atomic mass is 10.1. The number of carbonyl (C=O) groups excluding carboxylic acids is 1. The van der Waals surface area contributed by atoms with Gasteiger partial charge in [0, 0.05) is 12.1 Å². The van der Waals surface area contributed by atoms with Crippen molar-refractivity contribution in [3.63, 3.8) is 0 Å². The molecule has 0 saturated heterocycles. The average Bonchev–Trinajstić information content (AvgIpc) is 3.02. The number of carbonyl (C=O) groups is 1. The molecule has 20 heavy (non-hydrogen) atoms. The Balaban J connectivity index is 2.10. The molecular weight excluding hydrogens is 255 g/mol. The molecule has 1 amide bonds. The first-order chi connectivity index (χ1) is 9.44. The van der Waals surface area contributed by atoms with Crippen LogP contribution in [0.5, 0.6) is 0 Å². The molecule has 4 heteroatoms. The molecule has 3 N–H and O–H groups in total. The lowest BCUT2D eigenvalue weighted by Gasteiger charge is -2.08. The van der Waals surface area contributed by atoms with Crippen molar-refractivity contribution in [1.82, 2.24) is 5.32 Å². The summed E-state index contributed by atoms with van der Waals surface area (Å²) in [5, 5.41) is 2.86. The quantitative estimate of drug-likeness (QED) is 0.827. The number of hydrogen-bond acceptors (Lipinski definition) is 2. The lowest BCUT2D eigenvalue weighted by Crippen LogP contribution is -2.27. The van der Waals surface area contributed by atoms with Gasteiger partial charge in [0.05, 0.1) is 12.1 Å². The number of nitrogens with one attached hydrogen (secondary N) is 1. The van der Waals surface area contributed by atoms with Crippen LogP contribution >= 0.6 is 0 Å². The first-order valence-electron chi connectivity index (χ1n) is 6.71. The molecule has 1 unspecified atom stereocenters. The van der Waals surface area contributed by atoms with E-state index in [1.165, 1.54) is 18.2 Å². The average molecular weight is 274 g/mol. The van der Waals surface area contributed by atoms with E-state index in [9.17, 15) is 9.18 Å². The Morgan fingerprint density at radius 1 is 1.55 bits per heavy atom. The zero-order valence-corrected chi connectivity index (χ0v) is 11.8. The topological polar surface area (TPSA) is 55.1 Å². The van der Waals surface area contributed by atoms with Crippen LogP contribution in [0.15, 0.2) is 18.2 Å². The van der Waals surface area contributed by atoms with Crippen molar-refractivity contribution in [3.8, 4) is 11.8 Å². The molecular formula is C16H19FN2O. The maximum absolute atomic E-state index is 13.3. The number of halogens is 1. The van der Waals surface area contributed by atoms with Gasteiger partial charge in [0.1, 0.15) is 5.82 Å². The van der Waals surface area contributed by atoms with E-state index in [0.717, 1.165) is 6.42 Å². The molecule has 2 rings (SSSR count). The van der Waals surface area contributed by atoms with E-state index < -0.39 is 5.82 Å². The van der Waals surface area contributed by atoms with Crippen LogP contribution in [0, 0.1) is 29.0 Å². The predicted octanol–water partition coefficient (Wildman–Crippen LogP) is 1.91. The van der Waals surface area contributed by atoms with Gasteiger partial charge in [0.15, 0.2) is 0 Å². The summed E-state index contributed by atoms with van der Waals surface area (Å²) in [5.41, 5.74) is 6.40. The summed E-state index contributed by atoms with van der Waals surface area (Å²) in [6, 6.07) is 4.02. The summed E-state index contributed by atoms with van der Waals surface area (Å²) < 4.78 is 13.3. The number of benzene rings is 1. The van der Waals surface area contributed by atoms with E-state index in [4.69, 9.17) is 5.73 Å². The second kappa shape index (κ2) is 5.64. The third-order valence-corrected chi connectivity index (χ3v) is 3.78. The number of hydrogen-bond donors (Lipinski definition) is 2. The molecule has 0 radical (unpaired) electrons. The van der Waals surface area contributed by atoms with Gasteiger partial charge >= 0.3 is 0 Å². The maximum atomic E-state index is 13.3. The monoisotopic (exact) mass is 274 g/mol. The minimum absolute atomic E-state index is 0.203. The van der Waals surface area contributed by atoms with Crippen LogP contribution in [-0.2, 0) is 0 Å². The van der Waals surface area contributed by atoms with Crippen molar-refractivity contribution in [1.29, 1.82) is 0 Å². The highest BCUT2D eigenvalue weighted by molar-refractivity contribution is 5.96. The molecule has 1 aliphatic carbocycles. The third-order valence-electron chi connectivity index (χ3n) is 3.78. The molecule has 1 atom stereocenters. The molecule has 0 bridgehead atoms. The van der Waals surface area contributed by atoms with Crippen LogP contribution < -0.4 is 11.1 Å². The van der Waals surface area contributed by atoms with Crippen molar-refractivity contribution in [2.24, 2.45) is 17.1 Å². The van der Waals surface area contributed by atoms with E-state index in [1.54, 1.807) is 0 Å². The van der Waals surface area contributed by atoms with Gasteiger partial charge in [-0.3, -0.25) is 4.79 Å². The molecule has 1 aromatic rings. The Hall–Kier alpha value is -1.86. The molecule has 1 aromatic carbocycles. The first-order valence-corrected chi connectivity index (χ1v) is 6.71. The maximum Gasteiger partial charge on any atom is 0.252 e. The summed E-state index contributed by atoms with van der Waals surface area (Å²) >= 11 is 0. The van der Waals surface area contributed by atoms with Gasteiger partial charge < -0.3 is 11.1 Å². The SMILES string of the molecule is CC1(C)CC1CNC(=O)c1cc(F)ccc1C#CCN. The molecule has 3 nitrogen and oxygen atoms in total. The summed E-state index contributed by atoms with van der Waals surface area (Å²) in [4.78, 5) is 12.1. The second-order valence-electron chi connectivity index (χ2n) is 5.80. The largest absolute Gasteiger partial charge is 0.352 e. The van der Waals surface area contributed by atoms with Gasteiger partial charge in [-0.1, -0.05) is 25.7 Å². The van der Waals surface area contributed by atoms with Crippen molar-refractivity contribution in [2.45, 2.75) is 20.3 Å². The van der Waals surface area contributed by atoms with Crippen molar-refractivity contribution in [3.05, 3.63) is 35.1 Å². The van der Waals surface area contributed by atoms with Gasteiger partial charge in [-0.05, 0) is 36.0 Å². The fraction of sp³-hybridized carbons (Fsp3) is 0.438. The highest BCUT2D eigenvalue weighted by Crippen LogP contribution is 2.50. The fourth-order valence-electron chi connectivity index (χ4n) is 2.20. The van der Waals surface area contributed by atoms with Crippen LogP contribution in [0.3, 0.4) is 0 Å². The first kappa shape index (κ1) is 14.5. The molecule has 1 saturated carbocycles. The van der Waals surface area contributed by atoms with E-state index >= 15 is 0 Å². The Kier molecular flexibility index (Phi) is 4.10. The van der Waals surface area contributed by atoms with E-state index in [0.29, 0.717) is 23.4 Å². The number of amides is 1. The molecule has 106 valence electrons. The van der Waals surface area contributed by atoms with Gasteiger partial charge in [-0.2, -0.15) is 0 Å². The minimum atomic E-state index is -0.444. The van der Waals surface area contributed by atoms with Crippen molar-refractivity contribution in [2.75, 3.05) is 13.1 Å². The Morgan fingerprint density at radius 2 is 2.25 bits per heavy atom. The highest BCUT2D eigenvalue weighted by Gasteiger charge is 2.45. The third kappa shape index (κ3) is 3.37. The molecule has 0 heterocycles. The molecule has 0 aromatic heterocycles. The summed E-state index contributed by atoms with van der Waals surface area (Å²) in [6.45, 7) is 5.16. The van der Waals surface area contributed by atoms with Crippen LogP contribution in [0.4, 0.5) is 4.39 Å².